The van der Waals surface area contributed by atoms with E-state index in [1.165, 1.54) is 6.92 Å². The summed E-state index contributed by atoms with van der Waals surface area (Å²) in [6.45, 7) is 1.48. The Morgan fingerprint density at radius 1 is 1.07 bits per heavy atom. The first-order valence-electron chi connectivity index (χ1n) is 9.07. The van der Waals surface area contributed by atoms with Gasteiger partial charge in [0.2, 0.25) is 5.91 Å². The minimum atomic E-state index is -0.344. The van der Waals surface area contributed by atoms with E-state index in [-0.39, 0.29) is 28.2 Å². The van der Waals surface area contributed by atoms with Crippen LogP contribution < -0.4 is 15.6 Å². The van der Waals surface area contributed by atoms with E-state index in [4.69, 9.17) is 4.74 Å². The van der Waals surface area contributed by atoms with Crippen LogP contribution in [0.4, 0.5) is 5.69 Å². The van der Waals surface area contributed by atoms with E-state index in [0.29, 0.717) is 23.4 Å². The molecular formula is C21H20N4O4S. The minimum Gasteiger partial charge on any atom is -0.497 e. The van der Waals surface area contributed by atoms with Gasteiger partial charge in [0.1, 0.15) is 11.4 Å². The van der Waals surface area contributed by atoms with E-state index < -0.39 is 0 Å². The Hall–Kier alpha value is -3.46. The van der Waals surface area contributed by atoms with Crippen LogP contribution in [0.1, 0.15) is 28.5 Å². The first-order valence-corrected chi connectivity index (χ1v) is 10.1. The van der Waals surface area contributed by atoms with Crippen molar-refractivity contribution in [3.8, 4) is 5.75 Å². The average Bonchev–Trinajstić information content (AvgIpc) is 2.75. The maximum Gasteiger partial charge on any atom is 0.273 e. The predicted molar refractivity (Wildman–Crippen MR) is 114 cm³/mol. The number of amides is 1. The molecule has 8 nitrogen and oxygen atoms in total. The molecule has 2 aromatic carbocycles. The molecule has 9 heteroatoms. The van der Waals surface area contributed by atoms with Crippen molar-refractivity contribution in [2.75, 3.05) is 18.2 Å². The Kier molecular flexibility index (Phi) is 6.97. The SMILES string of the molecule is COc1ccc(Cc2nnc(SCC(=O)Nc3ccc(C(C)=O)cc3)[nH]c2=O)cc1. The van der Waals surface area contributed by atoms with Gasteiger partial charge >= 0.3 is 0 Å². The lowest BCUT2D eigenvalue weighted by Crippen LogP contribution is -2.19. The molecule has 0 fully saturated rings. The number of benzene rings is 2. The van der Waals surface area contributed by atoms with Crippen LogP contribution in [0.2, 0.25) is 0 Å². The molecule has 0 aliphatic rings. The molecule has 0 saturated carbocycles. The fourth-order valence-corrected chi connectivity index (χ4v) is 3.19. The predicted octanol–water partition coefficient (Wildman–Crippen LogP) is 2.70. The van der Waals surface area contributed by atoms with Gasteiger partial charge in [0.15, 0.2) is 10.9 Å². The number of ketones is 1. The van der Waals surface area contributed by atoms with Crippen LogP contribution in [-0.4, -0.2) is 39.7 Å². The smallest absolute Gasteiger partial charge is 0.273 e. The fraction of sp³-hybridized carbons (Fsp3) is 0.190. The van der Waals surface area contributed by atoms with E-state index in [0.717, 1.165) is 23.1 Å². The molecule has 3 aromatic rings. The van der Waals surface area contributed by atoms with Gasteiger partial charge in [-0.05, 0) is 48.9 Å². The van der Waals surface area contributed by atoms with Crippen molar-refractivity contribution in [3.63, 3.8) is 0 Å². The number of rotatable bonds is 8. The molecule has 0 aliphatic carbocycles. The number of methoxy groups -OCH3 is 1. The second-order valence-electron chi connectivity index (χ2n) is 6.40. The van der Waals surface area contributed by atoms with Crippen LogP contribution >= 0.6 is 11.8 Å². The van der Waals surface area contributed by atoms with Gasteiger partial charge in [-0.3, -0.25) is 19.4 Å². The van der Waals surface area contributed by atoms with E-state index in [1.54, 1.807) is 31.4 Å². The molecule has 0 spiro atoms. The average molecular weight is 424 g/mol. The van der Waals surface area contributed by atoms with Gasteiger partial charge in [-0.25, -0.2) is 0 Å². The lowest BCUT2D eigenvalue weighted by atomic mass is 10.1. The number of Topliss-reactive ketones (excluding diaryl/α,β-unsaturated/α-hetero) is 1. The van der Waals surface area contributed by atoms with Crippen molar-refractivity contribution in [3.05, 3.63) is 75.7 Å². The van der Waals surface area contributed by atoms with Crippen LogP contribution in [0.15, 0.2) is 58.5 Å². The summed E-state index contributed by atoms with van der Waals surface area (Å²) in [6, 6.07) is 14.0. The highest BCUT2D eigenvalue weighted by Gasteiger charge is 2.10. The summed E-state index contributed by atoms with van der Waals surface area (Å²) < 4.78 is 5.11. The van der Waals surface area contributed by atoms with Crippen molar-refractivity contribution in [1.82, 2.24) is 15.2 Å². The quantitative estimate of drug-likeness (QED) is 0.422. The highest BCUT2D eigenvalue weighted by Crippen LogP contribution is 2.15. The fourth-order valence-electron chi connectivity index (χ4n) is 2.58. The Morgan fingerprint density at radius 3 is 2.37 bits per heavy atom. The summed E-state index contributed by atoms with van der Waals surface area (Å²) >= 11 is 1.08. The molecule has 154 valence electrons. The molecule has 0 saturated heterocycles. The summed E-state index contributed by atoms with van der Waals surface area (Å²) in [5, 5.41) is 11.0. The van der Waals surface area contributed by atoms with Gasteiger partial charge in [-0.1, -0.05) is 23.9 Å². The van der Waals surface area contributed by atoms with Crippen molar-refractivity contribution in [2.45, 2.75) is 18.5 Å². The molecule has 1 heterocycles. The van der Waals surface area contributed by atoms with Crippen molar-refractivity contribution in [2.24, 2.45) is 0 Å². The number of aromatic nitrogens is 3. The molecule has 0 atom stereocenters. The van der Waals surface area contributed by atoms with Gasteiger partial charge < -0.3 is 10.1 Å². The van der Waals surface area contributed by atoms with E-state index in [9.17, 15) is 14.4 Å². The number of carbonyl (C=O) groups excluding carboxylic acids is 2. The van der Waals surface area contributed by atoms with Crippen molar-refractivity contribution < 1.29 is 14.3 Å². The lowest BCUT2D eigenvalue weighted by Gasteiger charge is -2.06. The van der Waals surface area contributed by atoms with Crippen molar-refractivity contribution in [1.29, 1.82) is 0 Å². The molecule has 2 N–H and O–H groups in total. The standard InChI is InChI=1S/C21H20N4O4S/c1-13(26)15-5-7-16(8-6-15)22-19(27)12-30-21-23-20(28)18(24-25-21)11-14-3-9-17(29-2)10-4-14/h3-10H,11-12H2,1-2H3,(H,22,27)(H,23,25,28). The van der Waals surface area contributed by atoms with Crippen LogP contribution in [0, 0.1) is 0 Å². The van der Waals surface area contributed by atoms with Gasteiger partial charge in [0.05, 0.1) is 12.9 Å². The van der Waals surface area contributed by atoms with E-state index in [2.05, 4.69) is 20.5 Å². The number of ether oxygens (including phenoxy) is 1. The molecule has 3 rings (SSSR count). The number of nitrogens with zero attached hydrogens (tertiary/aromatic N) is 2. The number of nitrogens with one attached hydrogen (secondary N) is 2. The summed E-state index contributed by atoms with van der Waals surface area (Å²) in [6.07, 6.45) is 0.341. The second kappa shape index (κ2) is 9.84. The number of anilines is 1. The Bertz CT molecular complexity index is 1100. The molecule has 1 aromatic heterocycles. The number of carbonyl (C=O) groups is 2. The summed E-state index contributed by atoms with van der Waals surface area (Å²) in [5.74, 6) is 0.484. The van der Waals surface area contributed by atoms with Gasteiger partial charge in [-0.2, -0.15) is 0 Å². The number of aromatic amines is 1. The molecule has 1 amide bonds. The van der Waals surface area contributed by atoms with Gasteiger partial charge in [0, 0.05) is 17.7 Å². The zero-order valence-corrected chi connectivity index (χ0v) is 17.3. The first kappa shape index (κ1) is 21.3. The largest absolute Gasteiger partial charge is 0.497 e. The zero-order valence-electron chi connectivity index (χ0n) is 16.5. The molecule has 0 radical (unpaired) electrons. The zero-order chi connectivity index (χ0) is 21.5. The maximum absolute atomic E-state index is 12.3. The maximum atomic E-state index is 12.3. The van der Waals surface area contributed by atoms with E-state index in [1.807, 2.05) is 24.3 Å². The first-order chi connectivity index (χ1) is 14.4. The van der Waals surface area contributed by atoms with Crippen LogP contribution in [0.3, 0.4) is 0 Å². The molecule has 30 heavy (non-hydrogen) atoms. The topological polar surface area (TPSA) is 114 Å². The highest BCUT2D eigenvalue weighted by molar-refractivity contribution is 7.99. The summed E-state index contributed by atoms with van der Waals surface area (Å²) in [4.78, 5) is 38.3. The number of hydrogen-bond donors (Lipinski definition) is 2. The van der Waals surface area contributed by atoms with Gasteiger partial charge in [-0.15, -0.1) is 10.2 Å². The second-order valence-corrected chi connectivity index (χ2v) is 7.37. The lowest BCUT2D eigenvalue weighted by molar-refractivity contribution is -0.113. The monoisotopic (exact) mass is 424 g/mol. The number of H-pyrrole nitrogens is 1. The van der Waals surface area contributed by atoms with Crippen molar-refractivity contribution >= 4 is 29.1 Å². The molecule has 0 aliphatic heterocycles. The van der Waals surface area contributed by atoms with Crippen LogP contribution in [0.5, 0.6) is 5.75 Å². The highest BCUT2D eigenvalue weighted by atomic mass is 32.2. The van der Waals surface area contributed by atoms with Crippen LogP contribution in [-0.2, 0) is 11.2 Å². The summed E-state index contributed by atoms with van der Waals surface area (Å²) in [7, 11) is 1.59. The van der Waals surface area contributed by atoms with Gasteiger partial charge in [0.25, 0.3) is 5.56 Å². The number of hydrogen-bond acceptors (Lipinski definition) is 7. The Balaban J connectivity index is 1.55. The minimum absolute atomic E-state index is 0.0404. The third-order valence-electron chi connectivity index (χ3n) is 4.19. The van der Waals surface area contributed by atoms with Crippen LogP contribution in [0.25, 0.3) is 0 Å². The summed E-state index contributed by atoms with van der Waals surface area (Å²) in [5.41, 5.74) is 2.01. The number of thioether (sulfide) groups is 1. The molecular weight excluding hydrogens is 404 g/mol. The third kappa shape index (κ3) is 5.77. The Morgan fingerprint density at radius 2 is 1.77 bits per heavy atom. The molecule has 0 bridgehead atoms. The van der Waals surface area contributed by atoms with E-state index >= 15 is 0 Å². The Labute approximate surface area is 177 Å². The normalized spacial score (nSPS) is 10.5. The third-order valence-corrected chi connectivity index (χ3v) is 5.05. The molecule has 0 unspecified atom stereocenters.